The predicted molar refractivity (Wildman–Crippen MR) is 46.4 cm³/mol. The van der Waals surface area contributed by atoms with Gasteiger partial charge < -0.3 is 15.5 Å². The molecule has 0 heterocycles. The lowest BCUT2D eigenvalue weighted by atomic mass is 10.2. The first kappa shape index (κ1) is 13.2. The Hall–Kier alpha value is -0.750. The molecule has 0 spiro atoms. The summed E-state index contributed by atoms with van der Waals surface area (Å²) in [4.78, 5) is 9.96. The number of carboxylic acids is 1. The summed E-state index contributed by atoms with van der Waals surface area (Å²) in [5.74, 6) is -5.81. The van der Waals surface area contributed by atoms with Crippen molar-refractivity contribution < 1.29 is 23.8 Å². The zero-order valence-corrected chi connectivity index (χ0v) is 7.80. The third kappa shape index (κ3) is 5.82. The van der Waals surface area contributed by atoms with Crippen molar-refractivity contribution in [1.29, 1.82) is 0 Å². The molecule has 0 atom stereocenters. The van der Waals surface area contributed by atoms with Crippen LogP contribution in [0.5, 0.6) is 0 Å². The van der Waals surface area contributed by atoms with Crippen LogP contribution < -0.4 is 5.32 Å². The van der Waals surface area contributed by atoms with Crippen molar-refractivity contribution in [2.24, 2.45) is 0 Å². The molecule has 0 aliphatic carbocycles. The number of carboxylic acid groups (broad SMARTS) is 1. The van der Waals surface area contributed by atoms with Gasteiger partial charge in [0.05, 0.1) is 6.54 Å². The Morgan fingerprint density at radius 1 is 1.29 bits per heavy atom. The molecule has 84 valence electrons. The number of unbranched alkanes of at least 4 members (excludes halogenated alkanes) is 2. The third-order valence-corrected chi connectivity index (χ3v) is 1.67. The number of alkyl halides is 2. The van der Waals surface area contributed by atoms with Gasteiger partial charge in [-0.05, 0) is 25.8 Å². The molecule has 0 rings (SSSR count). The lowest BCUT2D eigenvalue weighted by Crippen LogP contribution is -2.40. The predicted octanol–water partition coefficient (Wildman–Crippen LogP) is 0.458. The van der Waals surface area contributed by atoms with Crippen molar-refractivity contribution in [3.8, 4) is 0 Å². The van der Waals surface area contributed by atoms with Crippen LogP contribution in [-0.2, 0) is 4.79 Å². The van der Waals surface area contributed by atoms with Crippen LogP contribution in [0.25, 0.3) is 0 Å². The second-order valence-corrected chi connectivity index (χ2v) is 2.97. The van der Waals surface area contributed by atoms with Crippen molar-refractivity contribution in [3.05, 3.63) is 0 Å². The van der Waals surface area contributed by atoms with E-state index in [-0.39, 0.29) is 6.61 Å². The Kier molecular flexibility index (Phi) is 6.31. The molecule has 0 aromatic rings. The molecule has 14 heavy (non-hydrogen) atoms. The first-order chi connectivity index (χ1) is 6.50. The van der Waals surface area contributed by atoms with Gasteiger partial charge in [-0.2, -0.15) is 8.78 Å². The van der Waals surface area contributed by atoms with Gasteiger partial charge in [0.25, 0.3) is 0 Å². The molecule has 0 aliphatic rings. The summed E-state index contributed by atoms with van der Waals surface area (Å²) in [7, 11) is 0. The first-order valence-electron chi connectivity index (χ1n) is 4.43. The van der Waals surface area contributed by atoms with Gasteiger partial charge in [0.2, 0.25) is 0 Å². The Labute approximate surface area is 80.9 Å². The van der Waals surface area contributed by atoms with Crippen LogP contribution >= 0.6 is 0 Å². The number of hydrogen-bond donors (Lipinski definition) is 3. The maximum Gasteiger partial charge on any atom is 0.375 e. The average Bonchev–Trinajstić information content (AvgIpc) is 2.10. The number of aliphatic carboxylic acids is 1. The van der Waals surface area contributed by atoms with Crippen molar-refractivity contribution in [3.63, 3.8) is 0 Å². The van der Waals surface area contributed by atoms with Gasteiger partial charge in [0.15, 0.2) is 0 Å². The molecule has 0 aliphatic heterocycles. The molecule has 0 aromatic carbocycles. The average molecular weight is 211 g/mol. The zero-order chi connectivity index (χ0) is 11.0. The van der Waals surface area contributed by atoms with Crippen molar-refractivity contribution in [1.82, 2.24) is 5.32 Å². The number of aliphatic hydroxyl groups excluding tert-OH is 1. The van der Waals surface area contributed by atoms with Gasteiger partial charge >= 0.3 is 11.9 Å². The Morgan fingerprint density at radius 2 is 1.93 bits per heavy atom. The van der Waals surface area contributed by atoms with E-state index in [2.05, 4.69) is 5.32 Å². The molecule has 4 nitrogen and oxygen atoms in total. The fourth-order valence-corrected chi connectivity index (χ4v) is 0.860. The number of halogens is 2. The monoisotopic (exact) mass is 211 g/mol. The van der Waals surface area contributed by atoms with Gasteiger partial charge in [0.1, 0.15) is 0 Å². The minimum atomic E-state index is -3.70. The highest BCUT2D eigenvalue weighted by Gasteiger charge is 2.37. The van der Waals surface area contributed by atoms with Crippen LogP contribution in [0.15, 0.2) is 0 Å². The lowest BCUT2D eigenvalue weighted by molar-refractivity contribution is -0.163. The van der Waals surface area contributed by atoms with Gasteiger partial charge in [0, 0.05) is 6.61 Å². The second-order valence-electron chi connectivity index (χ2n) is 2.97. The SMILES string of the molecule is O=C(O)C(F)(F)CNCCCCCO. The fourth-order valence-electron chi connectivity index (χ4n) is 0.860. The lowest BCUT2D eigenvalue weighted by Gasteiger charge is -2.11. The van der Waals surface area contributed by atoms with E-state index >= 15 is 0 Å². The number of rotatable bonds is 8. The van der Waals surface area contributed by atoms with E-state index in [9.17, 15) is 13.6 Å². The topological polar surface area (TPSA) is 69.6 Å². The highest BCUT2D eigenvalue weighted by Crippen LogP contribution is 2.11. The van der Waals surface area contributed by atoms with Crippen LogP contribution in [0.1, 0.15) is 19.3 Å². The zero-order valence-electron chi connectivity index (χ0n) is 7.80. The molecule has 6 heteroatoms. The van der Waals surface area contributed by atoms with E-state index in [1.54, 1.807) is 0 Å². The van der Waals surface area contributed by atoms with E-state index in [0.29, 0.717) is 19.4 Å². The molecule has 0 amide bonds. The van der Waals surface area contributed by atoms with Gasteiger partial charge in [-0.3, -0.25) is 0 Å². The minimum Gasteiger partial charge on any atom is -0.477 e. The molecule has 0 saturated carbocycles. The van der Waals surface area contributed by atoms with E-state index in [4.69, 9.17) is 10.2 Å². The van der Waals surface area contributed by atoms with Crippen molar-refractivity contribution in [2.75, 3.05) is 19.7 Å². The summed E-state index contributed by atoms with van der Waals surface area (Å²) in [6.45, 7) is -0.421. The summed E-state index contributed by atoms with van der Waals surface area (Å²) in [5, 5.41) is 18.8. The summed E-state index contributed by atoms with van der Waals surface area (Å²) >= 11 is 0. The summed E-state index contributed by atoms with van der Waals surface area (Å²) in [6.07, 6.45) is 2.02. The Bertz CT molecular complexity index is 176. The minimum absolute atomic E-state index is 0.0886. The normalized spacial score (nSPS) is 11.6. The largest absolute Gasteiger partial charge is 0.477 e. The molecule has 0 bridgehead atoms. The van der Waals surface area contributed by atoms with Crippen LogP contribution in [-0.4, -0.2) is 41.8 Å². The molecule has 0 unspecified atom stereocenters. The van der Waals surface area contributed by atoms with E-state index in [1.807, 2.05) is 0 Å². The Balaban J connectivity index is 3.40. The molecule has 3 N–H and O–H groups in total. The molecule has 0 fully saturated rings. The van der Waals surface area contributed by atoms with E-state index < -0.39 is 18.4 Å². The molecular formula is C8H15F2NO3. The fraction of sp³-hybridized carbons (Fsp3) is 0.875. The standard InChI is InChI=1S/C8H15F2NO3/c9-8(10,7(13)14)6-11-4-2-1-3-5-12/h11-12H,1-6H2,(H,13,14). The third-order valence-electron chi connectivity index (χ3n) is 1.67. The van der Waals surface area contributed by atoms with Crippen molar-refractivity contribution >= 4 is 5.97 Å². The molecule has 0 aromatic heterocycles. The molecule has 0 saturated heterocycles. The number of carbonyl (C=O) groups is 1. The number of aliphatic hydroxyl groups is 1. The van der Waals surface area contributed by atoms with Crippen LogP contribution in [0.3, 0.4) is 0 Å². The summed E-state index contributed by atoms with van der Waals surface area (Å²) in [5.41, 5.74) is 0. The smallest absolute Gasteiger partial charge is 0.375 e. The quantitative estimate of drug-likeness (QED) is 0.510. The van der Waals surface area contributed by atoms with Crippen LogP contribution in [0.4, 0.5) is 8.78 Å². The molecular weight excluding hydrogens is 196 g/mol. The summed E-state index contributed by atoms with van der Waals surface area (Å²) in [6, 6.07) is 0. The maximum atomic E-state index is 12.4. The van der Waals surface area contributed by atoms with Crippen molar-refractivity contribution in [2.45, 2.75) is 25.2 Å². The van der Waals surface area contributed by atoms with Crippen LogP contribution in [0.2, 0.25) is 0 Å². The van der Waals surface area contributed by atoms with E-state index in [1.165, 1.54) is 0 Å². The van der Waals surface area contributed by atoms with Gasteiger partial charge in [-0.1, -0.05) is 0 Å². The van der Waals surface area contributed by atoms with Gasteiger partial charge in [-0.25, -0.2) is 4.79 Å². The second kappa shape index (κ2) is 6.67. The van der Waals surface area contributed by atoms with E-state index in [0.717, 1.165) is 6.42 Å². The van der Waals surface area contributed by atoms with Crippen LogP contribution in [0, 0.1) is 0 Å². The number of hydrogen-bond acceptors (Lipinski definition) is 3. The number of nitrogens with one attached hydrogen (secondary N) is 1. The highest BCUT2D eigenvalue weighted by atomic mass is 19.3. The highest BCUT2D eigenvalue weighted by molar-refractivity contribution is 5.75. The van der Waals surface area contributed by atoms with Gasteiger partial charge in [-0.15, -0.1) is 0 Å². The first-order valence-corrected chi connectivity index (χ1v) is 4.43. The maximum absolute atomic E-state index is 12.4. The Morgan fingerprint density at radius 3 is 2.43 bits per heavy atom. The molecule has 0 radical (unpaired) electrons. The summed E-state index contributed by atoms with van der Waals surface area (Å²) < 4.78 is 24.8.